The average molecular weight is 274 g/mol. The number of halogens is 2. The van der Waals surface area contributed by atoms with Gasteiger partial charge < -0.3 is 0 Å². The van der Waals surface area contributed by atoms with E-state index < -0.39 is 28.2 Å². The summed E-state index contributed by atoms with van der Waals surface area (Å²) in [6.07, 6.45) is 0. The molecule has 1 rings (SSSR count). The van der Waals surface area contributed by atoms with Crippen LogP contribution in [0.4, 0.5) is 8.78 Å². The predicted molar refractivity (Wildman–Crippen MR) is 68.0 cm³/mol. The highest BCUT2D eigenvalue weighted by molar-refractivity contribution is 7.86. The van der Waals surface area contributed by atoms with Crippen LogP contribution in [0, 0.1) is 17.6 Å². The Balaban J connectivity index is 2.80. The lowest BCUT2D eigenvalue weighted by Gasteiger charge is -2.14. The van der Waals surface area contributed by atoms with Crippen LogP contribution in [0.1, 0.15) is 31.1 Å². The predicted octanol–water partition coefficient (Wildman–Crippen LogP) is 2.94. The molecule has 0 aromatic heterocycles. The molecule has 0 radical (unpaired) electrons. The Morgan fingerprint density at radius 2 is 1.89 bits per heavy atom. The molecule has 1 aromatic carbocycles. The maximum Gasteiger partial charge on any atom is 0.178 e. The van der Waals surface area contributed by atoms with Crippen molar-refractivity contribution in [2.24, 2.45) is 5.92 Å². The van der Waals surface area contributed by atoms with Gasteiger partial charge in [-0.15, -0.1) is 0 Å². The quantitative estimate of drug-likeness (QED) is 0.774. The lowest BCUT2D eigenvalue weighted by atomic mass is 10.1. The molecule has 2 unspecified atom stereocenters. The fraction of sp³-hybridized carbons (Fsp3) is 0.462. The summed E-state index contributed by atoms with van der Waals surface area (Å²) in [7, 11) is -1.35. The molecule has 5 heteroatoms. The van der Waals surface area contributed by atoms with E-state index in [0.717, 1.165) is 12.1 Å². The first-order valence-corrected chi connectivity index (χ1v) is 7.06. The van der Waals surface area contributed by atoms with Crippen LogP contribution in [-0.4, -0.2) is 21.0 Å². The first-order chi connectivity index (χ1) is 8.32. The van der Waals surface area contributed by atoms with Crippen LogP contribution in [0.2, 0.25) is 0 Å². The number of carbonyl (C=O) groups is 1. The topological polar surface area (TPSA) is 34.1 Å². The summed E-state index contributed by atoms with van der Waals surface area (Å²) >= 11 is 0. The van der Waals surface area contributed by atoms with Crippen LogP contribution in [-0.2, 0) is 10.8 Å². The van der Waals surface area contributed by atoms with Gasteiger partial charge >= 0.3 is 0 Å². The van der Waals surface area contributed by atoms with Gasteiger partial charge in [0.1, 0.15) is 11.6 Å². The first kappa shape index (κ1) is 15.0. The van der Waals surface area contributed by atoms with Crippen molar-refractivity contribution in [2.75, 3.05) is 5.75 Å². The maximum atomic E-state index is 13.4. The van der Waals surface area contributed by atoms with E-state index in [1.807, 2.05) is 13.8 Å². The first-order valence-electron chi connectivity index (χ1n) is 5.68. The summed E-state index contributed by atoms with van der Waals surface area (Å²) < 4.78 is 37.9. The molecule has 0 heterocycles. The molecule has 0 bridgehead atoms. The van der Waals surface area contributed by atoms with Crippen molar-refractivity contribution in [3.63, 3.8) is 0 Å². The molecule has 100 valence electrons. The minimum absolute atomic E-state index is 0.141. The number of rotatable bonds is 5. The highest BCUT2D eigenvalue weighted by Crippen LogP contribution is 2.14. The van der Waals surface area contributed by atoms with Gasteiger partial charge in [0.15, 0.2) is 5.78 Å². The van der Waals surface area contributed by atoms with Crippen molar-refractivity contribution in [2.45, 2.75) is 26.0 Å². The van der Waals surface area contributed by atoms with E-state index in [2.05, 4.69) is 0 Å². The summed E-state index contributed by atoms with van der Waals surface area (Å²) in [5.41, 5.74) is -0.208. The molecular formula is C13H16F2O2S. The third-order valence-electron chi connectivity index (χ3n) is 2.86. The van der Waals surface area contributed by atoms with E-state index >= 15 is 0 Å². The molecular weight excluding hydrogens is 258 g/mol. The van der Waals surface area contributed by atoms with Crippen molar-refractivity contribution < 1.29 is 17.8 Å². The van der Waals surface area contributed by atoms with Gasteiger partial charge in [-0.2, -0.15) is 0 Å². The van der Waals surface area contributed by atoms with Crippen LogP contribution < -0.4 is 0 Å². The van der Waals surface area contributed by atoms with Crippen molar-refractivity contribution in [3.8, 4) is 0 Å². The minimum Gasteiger partial charge on any atom is -0.293 e. The van der Waals surface area contributed by atoms with Gasteiger partial charge in [0.25, 0.3) is 0 Å². The fourth-order valence-corrected chi connectivity index (χ4v) is 2.64. The smallest absolute Gasteiger partial charge is 0.178 e. The van der Waals surface area contributed by atoms with E-state index in [1.54, 1.807) is 6.92 Å². The lowest BCUT2D eigenvalue weighted by molar-refractivity contribution is 0.101. The maximum absolute atomic E-state index is 13.4. The van der Waals surface area contributed by atoms with Gasteiger partial charge in [-0.25, -0.2) is 8.78 Å². The number of Topliss-reactive ketones (excluding diaryl/α,β-unsaturated/α-hetero) is 1. The molecule has 0 saturated heterocycles. The van der Waals surface area contributed by atoms with E-state index in [-0.39, 0.29) is 22.5 Å². The van der Waals surface area contributed by atoms with Gasteiger partial charge in [-0.05, 0) is 18.1 Å². The zero-order valence-corrected chi connectivity index (χ0v) is 11.4. The molecule has 0 amide bonds. The van der Waals surface area contributed by atoms with E-state index in [9.17, 15) is 17.8 Å². The highest BCUT2D eigenvalue weighted by Gasteiger charge is 2.20. The lowest BCUT2D eigenvalue weighted by Crippen LogP contribution is -2.24. The molecule has 0 N–H and O–H groups in total. The molecule has 0 aliphatic rings. The molecule has 0 aliphatic carbocycles. The number of carbonyl (C=O) groups excluding carboxylic acids is 1. The van der Waals surface area contributed by atoms with Crippen LogP contribution >= 0.6 is 0 Å². The number of hydrogen-bond acceptors (Lipinski definition) is 2. The fourth-order valence-electron chi connectivity index (χ4n) is 1.36. The molecule has 0 aliphatic heterocycles. The van der Waals surface area contributed by atoms with Gasteiger partial charge in [0, 0.05) is 22.1 Å². The normalized spacial score (nSPS) is 14.6. The monoisotopic (exact) mass is 274 g/mol. The molecule has 2 atom stereocenters. The van der Waals surface area contributed by atoms with Gasteiger partial charge in [0.2, 0.25) is 0 Å². The molecule has 0 fully saturated rings. The second kappa shape index (κ2) is 6.18. The third-order valence-corrected chi connectivity index (χ3v) is 4.78. The molecule has 2 nitrogen and oxygen atoms in total. The zero-order chi connectivity index (χ0) is 13.9. The Morgan fingerprint density at radius 3 is 2.39 bits per heavy atom. The van der Waals surface area contributed by atoms with Crippen LogP contribution in [0.5, 0.6) is 0 Å². The van der Waals surface area contributed by atoms with Crippen molar-refractivity contribution >= 4 is 16.6 Å². The van der Waals surface area contributed by atoms with E-state index in [4.69, 9.17) is 0 Å². The van der Waals surface area contributed by atoms with Crippen LogP contribution in [0.25, 0.3) is 0 Å². The van der Waals surface area contributed by atoms with E-state index in [0.29, 0.717) is 6.07 Å². The Morgan fingerprint density at radius 1 is 1.28 bits per heavy atom. The third kappa shape index (κ3) is 3.70. The molecule has 0 saturated carbocycles. The second-order valence-corrected chi connectivity index (χ2v) is 6.32. The van der Waals surface area contributed by atoms with Crippen LogP contribution in [0.15, 0.2) is 18.2 Å². The Hall–Kier alpha value is -1.10. The summed E-state index contributed by atoms with van der Waals surface area (Å²) in [5.74, 6) is -2.26. The second-order valence-electron chi connectivity index (χ2n) is 4.52. The van der Waals surface area contributed by atoms with Gasteiger partial charge in [-0.1, -0.05) is 20.8 Å². The summed E-state index contributed by atoms with van der Waals surface area (Å²) in [4.78, 5) is 11.8. The molecule has 0 spiro atoms. The summed E-state index contributed by atoms with van der Waals surface area (Å²) in [5, 5.41) is -0.141. The number of hydrogen-bond donors (Lipinski definition) is 0. The summed E-state index contributed by atoms with van der Waals surface area (Å²) in [6.45, 7) is 5.60. The average Bonchev–Trinajstić information content (AvgIpc) is 2.27. The van der Waals surface area contributed by atoms with E-state index in [1.165, 1.54) is 0 Å². The van der Waals surface area contributed by atoms with Crippen molar-refractivity contribution in [1.29, 1.82) is 0 Å². The largest absolute Gasteiger partial charge is 0.293 e. The van der Waals surface area contributed by atoms with Gasteiger partial charge in [0.05, 0.1) is 11.3 Å². The number of ketones is 1. The van der Waals surface area contributed by atoms with Crippen molar-refractivity contribution in [3.05, 3.63) is 35.4 Å². The minimum atomic E-state index is -1.35. The Bertz CT molecular complexity index is 472. The Kier molecular flexibility index (Phi) is 5.14. The standard InChI is InChI=1S/C13H16F2O2S/c1-8(2)9(3)18(17)7-13(16)11-5-4-10(14)6-12(11)15/h4-6,8-9H,7H2,1-3H3. The zero-order valence-electron chi connectivity index (χ0n) is 10.6. The molecule has 18 heavy (non-hydrogen) atoms. The highest BCUT2D eigenvalue weighted by atomic mass is 32.2. The summed E-state index contributed by atoms with van der Waals surface area (Å²) in [6, 6.07) is 2.76. The van der Waals surface area contributed by atoms with Crippen LogP contribution in [0.3, 0.4) is 0 Å². The molecule has 1 aromatic rings. The SMILES string of the molecule is CC(C)C(C)S(=O)CC(=O)c1ccc(F)cc1F. The number of benzene rings is 1. The van der Waals surface area contributed by atoms with Gasteiger partial charge in [-0.3, -0.25) is 9.00 Å². The van der Waals surface area contributed by atoms with Crippen molar-refractivity contribution in [1.82, 2.24) is 0 Å². The Labute approximate surface area is 108 Å².